The zero-order chi connectivity index (χ0) is 18.2. The quantitative estimate of drug-likeness (QED) is 0.792. The number of halogens is 2. The van der Waals surface area contributed by atoms with Crippen LogP contribution in [0.3, 0.4) is 0 Å². The monoisotopic (exact) mass is 364 g/mol. The van der Waals surface area contributed by atoms with Crippen LogP contribution in [0.4, 0.5) is 14.5 Å². The van der Waals surface area contributed by atoms with Crippen LogP contribution in [0.1, 0.15) is 12.5 Å². The molecule has 0 heterocycles. The molecule has 2 aromatic carbocycles. The molecule has 2 rings (SSSR count). The molecule has 7 heteroatoms. The summed E-state index contributed by atoms with van der Waals surface area (Å²) in [4.78, 5) is 23.9. The molecule has 0 spiro atoms. The Labute approximate surface area is 149 Å². The molecule has 0 saturated heterocycles. The molecule has 4 nitrogen and oxygen atoms in total. The van der Waals surface area contributed by atoms with Crippen LogP contribution in [0.5, 0.6) is 0 Å². The van der Waals surface area contributed by atoms with Crippen LogP contribution in [0, 0.1) is 11.6 Å². The third-order valence-corrected chi connectivity index (χ3v) is 4.48. The Kier molecular flexibility index (Phi) is 6.94. The maximum atomic E-state index is 12.8. The first-order chi connectivity index (χ1) is 11.9. The summed E-state index contributed by atoms with van der Waals surface area (Å²) in [5.74, 6) is -1.08. The molecule has 0 saturated carbocycles. The number of amides is 2. The first-order valence-electron chi connectivity index (χ1n) is 7.63. The van der Waals surface area contributed by atoms with Gasteiger partial charge >= 0.3 is 0 Å². The fourth-order valence-electron chi connectivity index (χ4n) is 1.94. The molecule has 2 N–H and O–H groups in total. The summed E-state index contributed by atoms with van der Waals surface area (Å²) >= 11 is 1.19. The highest BCUT2D eigenvalue weighted by Gasteiger charge is 2.15. The molecule has 132 valence electrons. The number of benzene rings is 2. The minimum absolute atomic E-state index is 0.0997. The van der Waals surface area contributed by atoms with Crippen LogP contribution < -0.4 is 10.6 Å². The summed E-state index contributed by atoms with van der Waals surface area (Å²) in [6, 6.07) is 11.3. The van der Waals surface area contributed by atoms with Gasteiger partial charge in [-0.1, -0.05) is 12.1 Å². The van der Waals surface area contributed by atoms with E-state index >= 15 is 0 Å². The number of rotatable bonds is 7. The number of carbonyl (C=O) groups is 2. The van der Waals surface area contributed by atoms with Crippen molar-refractivity contribution in [2.75, 3.05) is 11.1 Å². The van der Waals surface area contributed by atoms with Crippen molar-refractivity contribution in [2.24, 2.45) is 0 Å². The molecule has 1 atom stereocenters. The van der Waals surface area contributed by atoms with Gasteiger partial charge in [-0.2, -0.15) is 0 Å². The number of hydrogen-bond acceptors (Lipinski definition) is 3. The largest absolute Gasteiger partial charge is 0.351 e. The van der Waals surface area contributed by atoms with E-state index in [0.29, 0.717) is 12.2 Å². The fourth-order valence-corrected chi connectivity index (χ4v) is 2.65. The predicted molar refractivity (Wildman–Crippen MR) is 95.2 cm³/mol. The van der Waals surface area contributed by atoms with Crippen molar-refractivity contribution in [3.8, 4) is 0 Å². The third kappa shape index (κ3) is 6.54. The molecular weight excluding hydrogens is 346 g/mol. The number of thioether (sulfide) groups is 1. The number of anilines is 1. The summed E-state index contributed by atoms with van der Waals surface area (Å²) < 4.78 is 25.6. The smallest absolute Gasteiger partial charge is 0.234 e. The topological polar surface area (TPSA) is 58.2 Å². The summed E-state index contributed by atoms with van der Waals surface area (Å²) in [7, 11) is 0. The highest BCUT2D eigenvalue weighted by atomic mass is 32.2. The molecule has 25 heavy (non-hydrogen) atoms. The number of hydrogen-bond donors (Lipinski definition) is 2. The second-order valence-electron chi connectivity index (χ2n) is 5.35. The van der Waals surface area contributed by atoms with Crippen molar-refractivity contribution in [1.82, 2.24) is 5.32 Å². The summed E-state index contributed by atoms with van der Waals surface area (Å²) in [5.41, 5.74) is 1.29. The maximum Gasteiger partial charge on any atom is 0.234 e. The van der Waals surface area contributed by atoms with E-state index in [2.05, 4.69) is 10.6 Å². The second kappa shape index (κ2) is 9.17. The van der Waals surface area contributed by atoms with Gasteiger partial charge in [0, 0.05) is 12.2 Å². The van der Waals surface area contributed by atoms with Gasteiger partial charge in [0.25, 0.3) is 0 Å². The van der Waals surface area contributed by atoms with Gasteiger partial charge < -0.3 is 10.6 Å². The summed E-state index contributed by atoms with van der Waals surface area (Å²) in [6.07, 6.45) is 0. The van der Waals surface area contributed by atoms with Crippen molar-refractivity contribution in [1.29, 1.82) is 0 Å². The van der Waals surface area contributed by atoms with E-state index in [0.717, 1.165) is 5.56 Å². The highest BCUT2D eigenvalue weighted by Crippen LogP contribution is 2.13. The molecule has 0 radical (unpaired) electrons. The van der Waals surface area contributed by atoms with Gasteiger partial charge in [-0.25, -0.2) is 8.78 Å². The van der Waals surface area contributed by atoms with Crippen LogP contribution in [0.15, 0.2) is 48.5 Å². The predicted octanol–water partition coefficient (Wildman–Crippen LogP) is 3.34. The second-order valence-corrected chi connectivity index (χ2v) is 6.68. The molecule has 1 unspecified atom stereocenters. The molecule has 0 aromatic heterocycles. The lowest BCUT2D eigenvalue weighted by molar-refractivity contribution is -0.120. The number of nitrogens with one attached hydrogen (secondary N) is 2. The van der Waals surface area contributed by atoms with E-state index in [1.54, 1.807) is 19.1 Å². The van der Waals surface area contributed by atoms with E-state index in [1.165, 1.54) is 48.2 Å². The first-order valence-corrected chi connectivity index (χ1v) is 8.68. The minimum Gasteiger partial charge on any atom is -0.351 e. The Hall–Kier alpha value is -2.41. The van der Waals surface area contributed by atoms with Crippen molar-refractivity contribution in [3.63, 3.8) is 0 Å². The Morgan fingerprint density at radius 2 is 1.56 bits per heavy atom. The van der Waals surface area contributed by atoms with Crippen LogP contribution in [0.25, 0.3) is 0 Å². The number of carbonyl (C=O) groups excluding carboxylic acids is 2. The standard InChI is InChI=1S/C18H18F2N2O2S/c1-12(18(24)21-10-13-2-4-14(19)5-3-13)25-11-17(23)22-16-8-6-15(20)7-9-16/h2-9,12H,10-11H2,1H3,(H,21,24)(H,22,23). The molecule has 2 amide bonds. The average Bonchev–Trinajstić information content (AvgIpc) is 2.61. The van der Waals surface area contributed by atoms with Gasteiger partial charge in [0.1, 0.15) is 11.6 Å². The van der Waals surface area contributed by atoms with Crippen molar-refractivity contribution in [3.05, 3.63) is 65.7 Å². The van der Waals surface area contributed by atoms with E-state index in [1.807, 2.05) is 0 Å². The normalized spacial score (nSPS) is 11.6. The Balaban J connectivity index is 1.72. The molecule has 0 aliphatic carbocycles. The van der Waals surface area contributed by atoms with Gasteiger partial charge in [0.2, 0.25) is 11.8 Å². The minimum atomic E-state index is -0.417. The zero-order valence-corrected chi connectivity index (χ0v) is 14.4. The molecule has 0 bridgehead atoms. The van der Waals surface area contributed by atoms with Gasteiger partial charge in [-0.3, -0.25) is 9.59 Å². The molecule has 2 aromatic rings. The van der Waals surface area contributed by atoms with Crippen LogP contribution >= 0.6 is 11.8 Å². The van der Waals surface area contributed by atoms with Gasteiger partial charge in [0.15, 0.2) is 0 Å². The van der Waals surface area contributed by atoms with Crippen molar-refractivity contribution < 1.29 is 18.4 Å². The van der Waals surface area contributed by atoms with Gasteiger partial charge in [-0.15, -0.1) is 11.8 Å². The lowest BCUT2D eigenvalue weighted by Gasteiger charge is -2.12. The van der Waals surface area contributed by atoms with E-state index in [-0.39, 0.29) is 29.2 Å². The third-order valence-electron chi connectivity index (χ3n) is 3.34. The van der Waals surface area contributed by atoms with E-state index in [4.69, 9.17) is 0 Å². The lowest BCUT2D eigenvalue weighted by Crippen LogP contribution is -2.31. The van der Waals surface area contributed by atoms with E-state index in [9.17, 15) is 18.4 Å². The van der Waals surface area contributed by atoms with Crippen molar-refractivity contribution in [2.45, 2.75) is 18.7 Å². The Bertz CT molecular complexity index is 721. The van der Waals surface area contributed by atoms with Crippen LogP contribution in [-0.4, -0.2) is 22.8 Å². The highest BCUT2D eigenvalue weighted by molar-refractivity contribution is 8.01. The Morgan fingerprint density at radius 3 is 2.16 bits per heavy atom. The molecule has 0 aliphatic heterocycles. The lowest BCUT2D eigenvalue weighted by atomic mass is 10.2. The van der Waals surface area contributed by atoms with Crippen LogP contribution in [0.2, 0.25) is 0 Å². The molecule has 0 fully saturated rings. The van der Waals surface area contributed by atoms with E-state index < -0.39 is 5.25 Å². The maximum absolute atomic E-state index is 12.8. The zero-order valence-electron chi connectivity index (χ0n) is 13.6. The fraction of sp³-hybridized carbons (Fsp3) is 0.222. The first kappa shape index (κ1) is 18.9. The van der Waals surface area contributed by atoms with Gasteiger partial charge in [-0.05, 0) is 48.9 Å². The van der Waals surface area contributed by atoms with Crippen molar-refractivity contribution >= 4 is 29.3 Å². The summed E-state index contributed by atoms with van der Waals surface area (Å²) in [5, 5.41) is 4.96. The SMILES string of the molecule is CC(SCC(=O)Nc1ccc(F)cc1)C(=O)NCc1ccc(F)cc1. The van der Waals surface area contributed by atoms with Crippen LogP contribution in [-0.2, 0) is 16.1 Å². The summed E-state index contributed by atoms with van der Waals surface area (Å²) in [6.45, 7) is 2.00. The molecular formula is C18H18F2N2O2S. The van der Waals surface area contributed by atoms with Gasteiger partial charge in [0.05, 0.1) is 11.0 Å². The average molecular weight is 364 g/mol. The molecule has 0 aliphatic rings. The Morgan fingerprint density at radius 1 is 1.00 bits per heavy atom.